The van der Waals surface area contributed by atoms with E-state index in [0.717, 1.165) is 25.8 Å². The van der Waals surface area contributed by atoms with Crippen molar-refractivity contribution >= 4 is 33.0 Å². The standard InChI is InChI=1S/C24H31N3O4S2/c1-2-31-20-8-7-18(15-22(20)33(29,30)27-11-3-4-12-27)25-23(28)16-26-13-9-21-19(10-14-32-21)24(26)17-5-6-17/h7-8,10,14-15,17,24H,2-6,9,11-13,16H2,1H3,(H,25,28). The van der Waals surface area contributed by atoms with Crippen LogP contribution >= 0.6 is 11.3 Å². The van der Waals surface area contributed by atoms with Crippen LogP contribution < -0.4 is 10.1 Å². The van der Waals surface area contributed by atoms with Gasteiger partial charge in [0.25, 0.3) is 0 Å². The number of carbonyl (C=O) groups excluding carboxylic acids is 1. The molecule has 3 aliphatic rings. The Hall–Kier alpha value is -1.94. The third-order valence-electron chi connectivity index (χ3n) is 6.74. The molecule has 1 saturated carbocycles. The van der Waals surface area contributed by atoms with Crippen LogP contribution in [0.5, 0.6) is 5.75 Å². The fourth-order valence-corrected chi connectivity index (χ4v) is 7.64. The predicted octanol–water partition coefficient (Wildman–Crippen LogP) is 3.88. The number of sulfonamides is 1. The largest absolute Gasteiger partial charge is 0.492 e. The highest BCUT2D eigenvalue weighted by atomic mass is 32.2. The zero-order valence-electron chi connectivity index (χ0n) is 19.0. The quantitative estimate of drug-likeness (QED) is 0.609. The van der Waals surface area contributed by atoms with Crippen molar-refractivity contribution in [3.8, 4) is 5.75 Å². The number of hydrogen-bond acceptors (Lipinski definition) is 6. The summed E-state index contributed by atoms with van der Waals surface area (Å²) in [5.74, 6) is 0.847. The van der Waals surface area contributed by atoms with E-state index in [-0.39, 0.29) is 10.8 Å². The lowest BCUT2D eigenvalue weighted by atomic mass is 9.96. The molecule has 1 aromatic heterocycles. The van der Waals surface area contributed by atoms with Gasteiger partial charge in [0.15, 0.2) is 0 Å². The van der Waals surface area contributed by atoms with Crippen molar-refractivity contribution in [1.82, 2.24) is 9.21 Å². The summed E-state index contributed by atoms with van der Waals surface area (Å²) >= 11 is 1.82. The number of nitrogens with one attached hydrogen (secondary N) is 1. The SMILES string of the molecule is CCOc1ccc(NC(=O)CN2CCc3sccc3C2C2CC2)cc1S(=O)(=O)N1CCCC1. The average Bonchev–Trinajstić information content (AvgIpc) is 3.25. The van der Waals surface area contributed by atoms with Crippen molar-refractivity contribution in [1.29, 1.82) is 0 Å². The number of rotatable bonds is 8. The summed E-state index contributed by atoms with van der Waals surface area (Å²) in [6.45, 7) is 4.42. The van der Waals surface area contributed by atoms with Gasteiger partial charge in [-0.1, -0.05) is 0 Å². The Morgan fingerprint density at radius 1 is 1.18 bits per heavy atom. The first-order valence-corrected chi connectivity index (χ1v) is 14.2. The molecule has 1 amide bonds. The number of ether oxygens (including phenoxy) is 1. The second kappa shape index (κ2) is 9.37. The lowest BCUT2D eigenvalue weighted by molar-refractivity contribution is -0.118. The number of thiophene rings is 1. The Kier molecular flexibility index (Phi) is 6.48. The Labute approximate surface area is 199 Å². The molecular formula is C24H31N3O4S2. The van der Waals surface area contributed by atoms with E-state index >= 15 is 0 Å². The Balaban J connectivity index is 1.33. The Bertz CT molecular complexity index is 1120. The molecule has 33 heavy (non-hydrogen) atoms. The fraction of sp³-hybridized carbons (Fsp3) is 0.542. The van der Waals surface area contributed by atoms with Gasteiger partial charge in [0, 0.05) is 36.2 Å². The van der Waals surface area contributed by atoms with Crippen molar-refractivity contribution in [2.24, 2.45) is 5.92 Å². The van der Waals surface area contributed by atoms with Crippen molar-refractivity contribution in [2.45, 2.75) is 50.0 Å². The van der Waals surface area contributed by atoms with E-state index in [9.17, 15) is 13.2 Å². The molecule has 7 nitrogen and oxygen atoms in total. The van der Waals surface area contributed by atoms with E-state index in [1.807, 2.05) is 18.3 Å². The minimum atomic E-state index is -3.67. The number of carbonyl (C=O) groups is 1. The monoisotopic (exact) mass is 489 g/mol. The minimum absolute atomic E-state index is 0.118. The molecule has 0 spiro atoms. The number of hydrogen-bond donors (Lipinski definition) is 1. The van der Waals surface area contributed by atoms with Gasteiger partial charge in [-0.3, -0.25) is 9.69 Å². The highest BCUT2D eigenvalue weighted by Gasteiger charge is 2.40. The van der Waals surface area contributed by atoms with E-state index in [4.69, 9.17) is 4.74 Å². The second-order valence-electron chi connectivity index (χ2n) is 9.06. The van der Waals surface area contributed by atoms with E-state index in [2.05, 4.69) is 21.7 Å². The number of benzene rings is 1. The average molecular weight is 490 g/mol. The number of fused-ring (bicyclic) bond motifs is 1. The summed E-state index contributed by atoms with van der Waals surface area (Å²) in [6.07, 6.45) is 5.14. The lowest BCUT2D eigenvalue weighted by Crippen LogP contribution is -2.41. The van der Waals surface area contributed by atoms with Crippen LogP contribution in [0.15, 0.2) is 34.5 Å². The topological polar surface area (TPSA) is 79.0 Å². The van der Waals surface area contributed by atoms with E-state index in [1.54, 1.807) is 18.2 Å². The molecule has 9 heteroatoms. The van der Waals surface area contributed by atoms with Gasteiger partial charge in [-0.15, -0.1) is 11.3 Å². The second-order valence-corrected chi connectivity index (χ2v) is 12.0. The molecule has 1 atom stereocenters. The van der Waals surface area contributed by atoms with Crippen molar-refractivity contribution in [2.75, 3.05) is 38.1 Å². The predicted molar refractivity (Wildman–Crippen MR) is 129 cm³/mol. The van der Waals surface area contributed by atoms with Crippen LogP contribution in [0.4, 0.5) is 5.69 Å². The minimum Gasteiger partial charge on any atom is -0.492 e. The summed E-state index contributed by atoms with van der Waals surface area (Å²) < 4.78 is 33.6. The smallest absolute Gasteiger partial charge is 0.246 e. The summed E-state index contributed by atoms with van der Waals surface area (Å²) in [4.78, 5) is 16.9. The van der Waals surface area contributed by atoms with Gasteiger partial charge in [-0.25, -0.2) is 8.42 Å². The zero-order chi connectivity index (χ0) is 23.0. The molecule has 0 bridgehead atoms. The van der Waals surface area contributed by atoms with Crippen molar-refractivity contribution in [3.05, 3.63) is 40.1 Å². The maximum atomic E-state index is 13.2. The molecule has 1 unspecified atom stereocenters. The summed E-state index contributed by atoms with van der Waals surface area (Å²) in [7, 11) is -3.67. The molecule has 1 saturated heterocycles. The van der Waals surface area contributed by atoms with Gasteiger partial charge in [0.2, 0.25) is 15.9 Å². The Morgan fingerprint density at radius 2 is 1.97 bits per heavy atom. The van der Waals surface area contributed by atoms with E-state index in [0.29, 0.717) is 49.6 Å². The van der Waals surface area contributed by atoms with Gasteiger partial charge in [-0.05, 0) is 80.2 Å². The maximum absolute atomic E-state index is 13.2. The van der Waals surface area contributed by atoms with Crippen LogP contribution in [0.1, 0.15) is 49.1 Å². The van der Waals surface area contributed by atoms with Crippen LogP contribution in [0.25, 0.3) is 0 Å². The van der Waals surface area contributed by atoms with Crippen molar-refractivity contribution < 1.29 is 17.9 Å². The van der Waals surface area contributed by atoms with Gasteiger partial charge >= 0.3 is 0 Å². The summed E-state index contributed by atoms with van der Waals surface area (Å²) in [5.41, 5.74) is 1.87. The maximum Gasteiger partial charge on any atom is 0.246 e. The fourth-order valence-electron chi connectivity index (χ4n) is 5.05. The molecule has 2 aromatic rings. The third-order valence-corrected chi connectivity index (χ3v) is 9.66. The van der Waals surface area contributed by atoms with E-state index < -0.39 is 10.0 Å². The Morgan fingerprint density at radius 3 is 2.70 bits per heavy atom. The first-order valence-electron chi connectivity index (χ1n) is 11.8. The molecule has 1 aromatic carbocycles. The number of amides is 1. The molecule has 1 aliphatic carbocycles. The molecule has 5 rings (SSSR count). The van der Waals surface area contributed by atoms with Crippen LogP contribution in [-0.2, 0) is 21.2 Å². The molecule has 3 heterocycles. The lowest BCUT2D eigenvalue weighted by Gasteiger charge is -2.35. The molecule has 178 valence electrons. The molecule has 1 N–H and O–H groups in total. The third kappa shape index (κ3) is 4.69. The van der Waals surface area contributed by atoms with Crippen LogP contribution in [0, 0.1) is 5.92 Å². The number of nitrogens with zero attached hydrogens (tertiary/aromatic N) is 2. The summed E-state index contributed by atoms with van der Waals surface area (Å²) in [6, 6.07) is 7.44. The molecular weight excluding hydrogens is 458 g/mol. The van der Waals surface area contributed by atoms with Gasteiger partial charge < -0.3 is 10.1 Å². The summed E-state index contributed by atoms with van der Waals surface area (Å²) in [5, 5.41) is 5.10. The molecule has 2 aliphatic heterocycles. The highest BCUT2D eigenvalue weighted by Crippen LogP contribution is 2.48. The van der Waals surface area contributed by atoms with Crippen LogP contribution in [0.3, 0.4) is 0 Å². The normalized spacial score (nSPS) is 21.7. The van der Waals surface area contributed by atoms with Gasteiger partial charge in [-0.2, -0.15) is 4.31 Å². The van der Waals surface area contributed by atoms with Gasteiger partial charge in [0.05, 0.1) is 13.2 Å². The molecule has 0 radical (unpaired) electrons. The first-order chi connectivity index (χ1) is 16.0. The zero-order valence-corrected chi connectivity index (χ0v) is 20.6. The first kappa shape index (κ1) is 22.8. The highest BCUT2D eigenvalue weighted by molar-refractivity contribution is 7.89. The number of anilines is 1. The van der Waals surface area contributed by atoms with Crippen molar-refractivity contribution in [3.63, 3.8) is 0 Å². The van der Waals surface area contributed by atoms with Crippen LogP contribution in [-0.4, -0.2) is 56.3 Å². The van der Waals surface area contributed by atoms with Crippen LogP contribution in [0.2, 0.25) is 0 Å². The van der Waals surface area contributed by atoms with E-state index in [1.165, 1.54) is 27.6 Å². The molecule has 2 fully saturated rings. The van der Waals surface area contributed by atoms with Gasteiger partial charge in [0.1, 0.15) is 10.6 Å².